The van der Waals surface area contributed by atoms with Gasteiger partial charge in [-0.3, -0.25) is 4.99 Å². The van der Waals surface area contributed by atoms with E-state index in [1.165, 1.54) is 75.5 Å². The van der Waals surface area contributed by atoms with Gasteiger partial charge in [0.25, 0.3) is 0 Å². The molecule has 0 aliphatic carbocycles. The van der Waals surface area contributed by atoms with Crippen LogP contribution >= 0.6 is 0 Å². The Hall–Kier alpha value is -0.416. The molecule has 0 N–H and O–H groups in total. The van der Waals surface area contributed by atoms with Crippen LogP contribution in [0.4, 0.5) is 0 Å². The molecule has 0 aromatic heterocycles. The summed E-state index contributed by atoms with van der Waals surface area (Å²) in [6.45, 7) is 15.3. The van der Waals surface area contributed by atoms with Crippen molar-refractivity contribution in [2.45, 2.75) is 116 Å². The highest BCUT2D eigenvalue weighted by atomic mass is 28.3. The van der Waals surface area contributed by atoms with Crippen molar-refractivity contribution in [1.82, 2.24) is 0 Å². The minimum absolute atomic E-state index is 0.941. The van der Waals surface area contributed by atoms with Crippen LogP contribution in [0.25, 0.3) is 0 Å². The minimum Gasteiger partial charge on any atom is -0.298 e. The number of rotatable bonds is 17. The van der Waals surface area contributed by atoms with E-state index in [0.717, 1.165) is 6.54 Å². The van der Waals surface area contributed by atoms with Crippen molar-refractivity contribution in [2.75, 3.05) is 6.54 Å². The van der Waals surface area contributed by atoms with E-state index in [1.807, 2.05) is 0 Å². The first-order valence-corrected chi connectivity index (χ1v) is 18.4. The van der Waals surface area contributed by atoms with E-state index in [-0.39, 0.29) is 0 Å². The van der Waals surface area contributed by atoms with E-state index in [1.54, 1.807) is 0 Å². The zero-order chi connectivity index (χ0) is 20.4. The Kier molecular flexibility index (Phi) is 16.3. The number of aliphatic imine (C=N–C) groups is 1. The van der Waals surface area contributed by atoms with Gasteiger partial charge >= 0.3 is 0 Å². The molecule has 0 amide bonds. The van der Waals surface area contributed by atoms with Crippen LogP contribution in [0.1, 0.15) is 65.2 Å². The first kappa shape index (κ1) is 26.6. The Morgan fingerprint density at radius 2 is 1.07 bits per heavy atom. The van der Waals surface area contributed by atoms with Crippen molar-refractivity contribution in [3.8, 4) is 0 Å². The van der Waals surface area contributed by atoms with Gasteiger partial charge in [-0.15, -0.1) is 0 Å². The lowest BCUT2D eigenvalue weighted by Gasteiger charge is -2.20. The number of nitrogens with zero attached hydrogens (tertiary/aromatic N) is 1. The fraction of sp³-hybridized carbons (Fsp3) is 0.792. The molecule has 0 atom stereocenters. The maximum atomic E-state index is 4.65. The van der Waals surface area contributed by atoms with Gasteiger partial charge in [0.2, 0.25) is 0 Å². The monoisotopic (exact) mass is 407 g/mol. The Morgan fingerprint density at radius 3 is 1.63 bits per heavy atom. The normalized spacial score (nSPS) is 13.6. The molecule has 0 aromatic carbocycles. The van der Waals surface area contributed by atoms with E-state index in [9.17, 15) is 0 Å². The third-order valence-electron chi connectivity index (χ3n) is 5.48. The van der Waals surface area contributed by atoms with Gasteiger partial charge in [-0.25, -0.2) is 0 Å². The SMILES string of the molecule is C/C=C/C[Si](C)(C)CC=NCCCCCCCCCC[Si](C)(C)C/C=C/C. The Labute approximate surface area is 173 Å². The van der Waals surface area contributed by atoms with Crippen molar-refractivity contribution >= 4 is 22.4 Å². The summed E-state index contributed by atoms with van der Waals surface area (Å²) in [6.07, 6.45) is 22.6. The maximum absolute atomic E-state index is 4.65. The summed E-state index contributed by atoms with van der Waals surface area (Å²) in [5.74, 6) is 0. The van der Waals surface area contributed by atoms with E-state index in [2.05, 4.69) is 75.5 Å². The number of unbranched alkanes of at least 4 members (excludes halogenated alkanes) is 7. The third kappa shape index (κ3) is 18.7. The molecule has 0 heterocycles. The highest BCUT2D eigenvalue weighted by Crippen LogP contribution is 2.20. The molecule has 0 aliphatic rings. The summed E-state index contributed by atoms with van der Waals surface area (Å²) < 4.78 is 0. The highest BCUT2D eigenvalue weighted by molar-refractivity contribution is 6.79. The average molecular weight is 408 g/mol. The third-order valence-corrected chi connectivity index (χ3v) is 11.2. The summed E-state index contributed by atoms with van der Waals surface area (Å²) in [5, 5.41) is 0. The second-order valence-electron chi connectivity index (χ2n) is 9.75. The molecular weight excluding hydrogens is 358 g/mol. The predicted octanol–water partition coefficient (Wildman–Crippen LogP) is 8.75. The van der Waals surface area contributed by atoms with Crippen molar-refractivity contribution < 1.29 is 0 Å². The Balaban J connectivity index is 3.46. The molecule has 0 bridgehead atoms. The molecule has 27 heavy (non-hydrogen) atoms. The first-order chi connectivity index (χ1) is 12.8. The lowest BCUT2D eigenvalue weighted by atomic mass is 10.1. The first-order valence-electron chi connectivity index (χ1n) is 11.5. The predicted molar refractivity (Wildman–Crippen MR) is 134 cm³/mol. The highest BCUT2D eigenvalue weighted by Gasteiger charge is 2.17. The molecule has 1 nitrogen and oxygen atoms in total. The van der Waals surface area contributed by atoms with Gasteiger partial charge in [-0.05, 0) is 44.6 Å². The summed E-state index contributed by atoms with van der Waals surface area (Å²) in [6, 6.07) is 5.38. The van der Waals surface area contributed by atoms with Crippen molar-refractivity contribution in [3.63, 3.8) is 0 Å². The topological polar surface area (TPSA) is 12.4 Å². The fourth-order valence-corrected chi connectivity index (χ4v) is 7.28. The molecule has 0 saturated carbocycles. The summed E-state index contributed by atoms with van der Waals surface area (Å²) in [7, 11) is -2.02. The summed E-state index contributed by atoms with van der Waals surface area (Å²) in [4.78, 5) is 4.65. The minimum atomic E-state index is -1.08. The molecule has 0 unspecified atom stereocenters. The molecule has 158 valence electrons. The second kappa shape index (κ2) is 16.5. The van der Waals surface area contributed by atoms with Crippen molar-refractivity contribution in [3.05, 3.63) is 24.3 Å². The smallest absolute Gasteiger partial charge is 0.0565 e. The van der Waals surface area contributed by atoms with Gasteiger partial charge in [0.1, 0.15) is 0 Å². The lowest BCUT2D eigenvalue weighted by Crippen LogP contribution is -2.24. The number of allylic oxidation sites excluding steroid dienone is 4. The largest absolute Gasteiger partial charge is 0.298 e. The summed E-state index contributed by atoms with van der Waals surface area (Å²) in [5.41, 5.74) is 0. The molecule has 0 aromatic rings. The Bertz CT molecular complexity index is 422. The fourth-order valence-electron chi connectivity index (χ4n) is 3.33. The van der Waals surface area contributed by atoms with E-state index >= 15 is 0 Å². The molecule has 0 rings (SSSR count). The molecule has 0 spiro atoms. The maximum Gasteiger partial charge on any atom is 0.0565 e. The van der Waals surface area contributed by atoms with E-state index in [0.29, 0.717) is 0 Å². The van der Waals surface area contributed by atoms with Gasteiger partial charge in [0.15, 0.2) is 0 Å². The standard InChI is InChI=1S/C24H49NSi2/c1-7-9-21-26(3,4)23-18-16-14-12-11-13-15-17-19-25-20-24-27(5,6)22-10-8-2/h7-10,20H,11-19,21-24H2,1-6H3/b9-7+,10-8+,25-20?. The molecule has 0 aliphatic heterocycles. The van der Waals surface area contributed by atoms with Crippen LogP contribution in [-0.4, -0.2) is 28.9 Å². The van der Waals surface area contributed by atoms with Gasteiger partial charge in [0, 0.05) is 6.54 Å². The molecule has 0 saturated heterocycles. The van der Waals surface area contributed by atoms with Crippen LogP contribution in [0.5, 0.6) is 0 Å². The lowest BCUT2D eigenvalue weighted by molar-refractivity contribution is 0.577. The van der Waals surface area contributed by atoms with Gasteiger partial charge in [0.05, 0.1) is 16.1 Å². The molecule has 0 radical (unpaired) electrons. The van der Waals surface area contributed by atoms with Gasteiger partial charge in [-0.2, -0.15) is 0 Å². The summed E-state index contributed by atoms with van der Waals surface area (Å²) >= 11 is 0. The zero-order valence-electron chi connectivity index (χ0n) is 19.5. The van der Waals surface area contributed by atoms with Crippen molar-refractivity contribution in [2.24, 2.45) is 4.99 Å². The zero-order valence-corrected chi connectivity index (χ0v) is 21.5. The Morgan fingerprint density at radius 1 is 0.593 bits per heavy atom. The van der Waals surface area contributed by atoms with Crippen LogP contribution in [0.3, 0.4) is 0 Å². The second-order valence-corrected chi connectivity index (χ2v) is 20.1. The molecule has 3 heteroatoms. The molecule has 0 fully saturated rings. The van der Waals surface area contributed by atoms with Crippen LogP contribution in [-0.2, 0) is 0 Å². The van der Waals surface area contributed by atoms with Gasteiger partial charge < -0.3 is 0 Å². The van der Waals surface area contributed by atoms with Crippen molar-refractivity contribution in [1.29, 1.82) is 0 Å². The average Bonchev–Trinajstić information content (AvgIpc) is 2.62. The van der Waals surface area contributed by atoms with Crippen LogP contribution in [0, 0.1) is 0 Å². The number of hydrogen-bond donors (Lipinski definition) is 0. The molecular formula is C24H49NSi2. The van der Waals surface area contributed by atoms with E-state index < -0.39 is 16.1 Å². The van der Waals surface area contributed by atoms with Crippen LogP contribution < -0.4 is 0 Å². The number of hydrogen-bond acceptors (Lipinski definition) is 1. The van der Waals surface area contributed by atoms with E-state index in [4.69, 9.17) is 0 Å². The quantitative estimate of drug-likeness (QED) is 0.0988. The van der Waals surface area contributed by atoms with Gasteiger partial charge in [-0.1, -0.05) is 101 Å². The van der Waals surface area contributed by atoms with Crippen LogP contribution in [0.2, 0.25) is 50.4 Å². The van der Waals surface area contributed by atoms with Crippen LogP contribution in [0.15, 0.2) is 29.3 Å².